The number of nitrogens with zero attached hydrogens (tertiary/aromatic N) is 2. The van der Waals surface area contributed by atoms with Crippen LogP contribution in [0.3, 0.4) is 0 Å². The van der Waals surface area contributed by atoms with Gasteiger partial charge >= 0.3 is 6.03 Å². The minimum atomic E-state index is 0.283. The van der Waals surface area contributed by atoms with E-state index in [0.717, 1.165) is 57.9 Å². The fourth-order valence-corrected chi connectivity index (χ4v) is 2.96. The first-order valence-corrected chi connectivity index (χ1v) is 7.44. The van der Waals surface area contributed by atoms with E-state index in [1.165, 1.54) is 6.42 Å². The number of hydrogen-bond acceptors (Lipinski definition) is 2. The van der Waals surface area contributed by atoms with Crippen LogP contribution in [0.15, 0.2) is 0 Å². The van der Waals surface area contributed by atoms with E-state index in [-0.39, 0.29) is 6.03 Å². The van der Waals surface area contributed by atoms with Crippen molar-refractivity contribution in [3.8, 4) is 0 Å². The predicted octanol–water partition coefficient (Wildman–Crippen LogP) is 1.91. The molecule has 4 heteroatoms. The predicted molar refractivity (Wildman–Crippen MR) is 73.6 cm³/mol. The van der Waals surface area contributed by atoms with Gasteiger partial charge in [-0.05, 0) is 44.7 Å². The van der Waals surface area contributed by atoms with Gasteiger partial charge in [0.2, 0.25) is 0 Å². The van der Waals surface area contributed by atoms with Gasteiger partial charge in [0.25, 0.3) is 0 Å². The first-order valence-electron chi connectivity index (χ1n) is 7.44. The Labute approximate surface area is 111 Å². The van der Waals surface area contributed by atoms with Crippen LogP contribution in [-0.2, 0) is 0 Å². The summed E-state index contributed by atoms with van der Waals surface area (Å²) in [4.78, 5) is 16.5. The van der Waals surface area contributed by atoms with Gasteiger partial charge in [-0.2, -0.15) is 0 Å². The Kier molecular flexibility index (Phi) is 4.87. The van der Waals surface area contributed by atoms with Crippen molar-refractivity contribution in [2.45, 2.75) is 45.6 Å². The summed E-state index contributed by atoms with van der Waals surface area (Å²) in [5, 5.41) is 3.36. The second-order valence-corrected chi connectivity index (χ2v) is 5.98. The van der Waals surface area contributed by atoms with Crippen LogP contribution in [-0.4, -0.2) is 54.6 Å². The smallest absolute Gasteiger partial charge is 0.320 e. The lowest BCUT2D eigenvalue weighted by atomic mass is 10.1. The number of carbonyl (C=O) groups excluding carboxylic acids is 1. The Morgan fingerprint density at radius 3 is 2.67 bits per heavy atom. The summed E-state index contributed by atoms with van der Waals surface area (Å²) in [5.74, 6) is 0.739. The number of urea groups is 1. The minimum absolute atomic E-state index is 0.283. The van der Waals surface area contributed by atoms with Gasteiger partial charge in [-0.3, -0.25) is 0 Å². The number of amides is 2. The van der Waals surface area contributed by atoms with Crippen LogP contribution in [0.5, 0.6) is 0 Å². The van der Waals surface area contributed by atoms with Crippen molar-refractivity contribution in [1.82, 2.24) is 15.1 Å². The number of piperidine rings is 1. The second kappa shape index (κ2) is 6.41. The average Bonchev–Trinajstić information content (AvgIpc) is 2.72. The van der Waals surface area contributed by atoms with Crippen molar-refractivity contribution >= 4 is 6.03 Å². The molecule has 0 radical (unpaired) electrons. The molecule has 0 saturated carbocycles. The molecule has 0 spiro atoms. The van der Waals surface area contributed by atoms with Crippen molar-refractivity contribution in [1.29, 1.82) is 0 Å². The molecule has 0 aromatic heterocycles. The van der Waals surface area contributed by atoms with Crippen LogP contribution >= 0.6 is 0 Å². The maximum Gasteiger partial charge on any atom is 0.320 e. The zero-order valence-corrected chi connectivity index (χ0v) is 11.8. The van der Waals surface area contributed by atoms with Crippen LogP contribution in [0.4, 0.5) is 4.79 Å². The highest BCUT2D eigenvalue weighted by Crippen LogP contribution is 2.19. The van der Waals surface area contributed by atoms with Crippen molar-refractivity contribution in [3.05, 3.63) is 0 Å². The van der Waals surface area contributed by atoms with Crippen LogP contribution in [0.2, 0.25) is 0 Å². The number of rotatable bonds is 5. The molecule has 2 aliphatic rings. The van der Waals surface area contributed by atoms with E-state index in [1.807, 2.05) is 4.90 Å². The van der Waals surface area contributed by atoms with Gasteiger partial charge in [-0.15, -0.1) is 0 Å². The van der Waals surface area contributed by atoms with Crippen LogP contribution in [0.1, 0.15) is 39.5 Å². The Morgan fingerprint density at radius 2 is 2.00 bits per heavy atom. The molecule has 104 valence electrons. The highest BCUT2D eigenvalue weighted by atomic mass is 16.2. The van der Waals surface area contributed by atoms with E-state index in [4.69, 9.17) is 0 Å². The minimum Gasteiger partial charge on any atom is -0.323 e. The summed E-state index contributed by atoms with van der Waals surface area (Å²) < 4.78 is 0. The van der Waals surface area contributed by atoms with Crippen molar-refractivity contribution in [3.63, 3.8) is 0 Å². The summed E-state index contributed by atoms with van der Waals surface area (Å²) in [7, 11) is 0. The molecule has 4 nitrogen and oxygen atoms in total. The Hall–Kier alpha value is -0.770. The van der Waals surface area contributed by atoms with E-state index >= 15 is 0 Å². The van der Waals surface area contributed by atoms with Crippen LogP contribution in [0, 0.1) is 5.92 Å². The molecule has 0 aliphatic carbocycles. The van der Waals surface area contributed by atoms with E-state index in [9.17, 15) is 4.79 Å². The molecule has 2 rings (SSSR count). The van der Waals surface area contributed by atoms with Gasteiger partial charge in [-0.25, -0.2) is 4.79 Å². The molecule has 2 saturated heterocycles. The lowest BCUT2D eigenvalue weighted by molar-refractivity contribution is 0.165. The maximum absolute atomic E-state index is 12.3. The third kappa shape index (κ3) is 3.37. The first kappa shape index (κ1) is 13.7. The lowest BCUT2D eigenvalue weighted by Gasteiger charge is -2.31. The molecule has 0 atom stereocenters. The summed E-state index contributed by atoms with van der Waals surface area (Å²) in [6.07, 6.45) is 4.59. The monoisotopic (exact) mass is 253 g/mol. The van der Waals surface area contributed by atoms with E-state index < -0.39 is 0 Å². The van der Waals surface area contributed by atoms with E-state index in [1.54, 1.807) is 0 Å². The molecule has 0 unspecified atom stereocenters. The zero-order chi connectivity index (χ0) is 13.0. The quantitative estimate of drug-likeness (QED) is 0.812. The molecule has 2 aliphatic heterocycles. The molecule has 18 heavy (non-hydrogen) atoms. The molecule has 2 heterocycles. The first-order chi connectivity index (χ1) is 8.68. The van der Waals surface area contributed by atoms with Gasteiger partial charge in [0.1, 0.15) is 0 Å². The second-order valence-electron chi connectivity index (χ2n) is 5.98. The molecule has 2 fully saturated rings. The molecule has 0 aromatic carbocycles. The molecular formula is C14H27N3O. The standard InChI is InChI=1S/C14H27N3O/c1-12(2)4-3-9-16-10-11-17(14(16)18)13-5-7-15-8-6-13/h12-13,15H,3-11H2,1-2H3. The van der Waals surface area contributed by atoms with Gasteiger partial charge < -0.3 is 15.1 Å². The maximum atomic E-state index is 12.3. The fourth-order valence-electron chi connectivity index (χ4n) is 2.96. The normalized spacial score (nSPS) is 22.3. The Morgan fingerprint density at radius 1 is 1.28 bits per heavy atom. The number of carbonyl (C=O) groups is 1. The third-order valence-electron chi connectivity index (χ3n) is 4.09. The van der Waals surface area contributed by atoms with Crippen LogP contribution in [0.25, 0.3) is 0 Å². The van der Waals surface area contributed by atoms with Crippen LogP contribution < -0.4 is 5.32 Å². The number of hydrogen-bond donors (Lipinski definition) is 1. The molecule has 1 N–H and O–H groups in total. The van der Waals surface area contributed by atoms with E-state index in [0.29, 0.717) is 6.04 Å². The lowest BCUT2D eigenvalue weighted by Crippen LogP contribution is -2.45. The molecule has 0 bridgehead atoms. The molecular weight excluding hydrogens is 226 g/mol. The SMILES string of the molecule is CC(C)CCCN1CCN(C2CCNCC2)C1=O. The fraction of sp³-hybridized carbons (Fsp3) is 0.929. The van der Waals surface area contributed by atoms with Crippen molar-refractivity contribution in [2.24, 2.45) is 5.92 Å². The van der Waals surface area contributed by atoms with Crippen molar-refractivity contribution < 1.29 is 4.79 Å². The van der Waals surface area contributed by atoms with Gasteiger partial charge in [0.05, 0.1) is 0 Å². The summed E-state index contributed by atoms with van der Waals surface area (Å²) in [6, 6.07) is 0.763. The molecule has 0 aromatic rings. The van der Waals surface area contributed by atoms with Gasteiger partial charge in [0, 0.05) is 25.7 Å². The summed E-state index contributed by atoms with van der Waals surface area (Å²) in [6.45, 7) is 9.41. The number of nitrogens with one attached hydrogen (secondary N) is 1. The highest BCUT2D eigenvalue weighted by Gasteiger charge is 2.33. The summed E-state index contributed by atoms with van der Waals surface area (Å²) in [5.41, 5.74) is 0. The summed E-state index contributed by atoms with van der Waals surface area (Å²) >= 11 is 0. The third-order valence-corrected chi connectivity index (χ3v) is 4.09. The highest BCUT2D eigenvalue weighted by molar-refractivity contribution is 5.76. The van der Waals surface area contributed by atoms with Gasteiger partial charge in [-0.1, -0.05) is 13.8 Å². The largest absolute Gasteiger partial charge is 0.323 e. The Balaban J connectivity index is 1.77. The van der Waals surface area contributed by atoms with Gasteiger partial charge in [0.15, 0.2) is 0 Å². The zero-order valence-electron chi connectivity index (χ0n) is 11.8. The van der Waals surface area contributed by atoms with E-state index in [2.05, 4.69) is 24.1 Å². The van der Waals surface area contributed by atoms with Crippen molar-refractivity contribution in [2.75, 3.05) is 32.7 Å². The Bertz CT molecular complexity index is 274. The molecule has 2 amide bonds. The average molecular weight is 253 g/mol. The topological polar surface area (TPSA) is 35.6 Å².